The first-order chi connectivity index (χ1) is 7.70. The van der Waals surface area contributed by atoms with Crippen molar-refractivity contribution in [3.05, 3.63) is 53.6 Å². The van der Waals surface area contributed by atoms with E-state index in [9.17, 15) is 9.59 Å². The molecule has 0 bridgehead atoms. The van der Waals surface area contributed by atoms with E-state index in [0.717, 1.165) is 0 Å². The zero-order valence-corrected chi connectivity index (χ0v) is 8.31. The van der Waals surface area contributed by atoms with Gasteiger partial charge in [0.2, 0.25) is 0 Å². The van der Waals surface area contributed by atoms with Crippen LogP contribution in [0, 0.1) is 11.3 Å². The third-order valence-electron chi connectivity index (χ3n) is 2.25. The van der Waals surface area contributed by atoms with Gasteiger partial charge in [-0.2, -0.15) is 5.26 Å². The van der Waals surface area contributed by atoms with Crippen LogP contribution in [-0.4, -0.2) is 11.6 Å². The highest BCUT2D eigenvalue weighted by molar-refractivity contribution is 6.33. The lowest BCUT2D eigenvalue weighted by atomic mass is 9.95. The van der Waals surface area contributed by atoms with Gasteiger partial charge in [-0.05, 0) is 35.9 Å². The predicted octanol–water partition coefficient (Wildman–Crippen LogP) is 1.65. The van der Waals surface area contributed by atoms with Crippen LogP contribution >= 0.6 is 0 Å². The maximum absolute atomic E-state index is 11.5. The van der Waals surface area contributed by atoms with Crippen LogP contribution in [0.15, 0.2) is 42.5 Å². The lowest BCUT2D eigenvalue weighted by molar-refractivity contribution is -0.113. The molecule has 0 radical (unpaired) electrons. The van der Waals surface area contributed by atoms with E-state index >= 15 is 0 Å². The van der Waals surface area contributed by atoms with Gasteiger partial charge >= 0.3 is 0 Å². The van der Waals surface area contributed by atoms with Gasteiger partial charge in [-0.25, -0.2) is 0 Å². The van der Waals surface area contributed by atoms with E-state index in [2.05, 4.69) is 0 Å². The minimum Gasteiger partial charge on any atom is -0.290 e. The first kappa shape index (κ1) is 10.1. The minimum atomic E-state index is -0.213. The van der Waals surface area contributed by atoms with Crippen molar-refractivity contribution in [3.63, 3.8) is 0 Å². The van der Waals surface area contributed by atoms with E-state index in [1.54, 1.807) is 24.3 Å². The van der Waals surface area contributed by atoms with Gasteiger partial charge in [0.05, 0.1) is 11.6 Å². The molecule has 0 saturated carbocycles. The largest absolute Gasteiger partial charge is 0.290 e. The van der Waals surface area contributed by atoms with Crippen LogP contribution in [0.25, 0.3) is 5.57 Å². The number of nitrogens with zero attached hydrogens (tertiary/aromatic N) is 1. The molecule has 1 aromatic carbocycles. The van der Waals surface area contributed by atoms with Crippen LogP contribution in [0.2, 0.25) is 0 Å². The third kappa shape index (κ3) is 1.82. The number of carbonyl (C=O) groups is 2. The van der Waals surface area contributed by atoms with E-state index < -0.39 is 0 Å². The molecule has 1 aliphatic carbocycles. The van der Waals surface area contributed by atoms with Crippen LogP contribution in [0.4, 0.5) is 0 Å². The standard InChI is InChI=1S/C13H7NO2/c14-8-9-2-1-3-10(6-9)12-7-11(15)4-5-13(12)16/h1-7H. The van der Waals surface area contributed by atoms with Crippen molar-refractivity contribution >= 4 is 17.1 Å². The molecule has 3 nitrogen and oxygen atoms in total. The Bertz CT molecular complexity index is 574. The van der Waals surface area contributed by atoms with Gasteiger partial charge in [0, 0.05) is 5.57 Å². The van der Waals surface area contributed by atoms with E-state index in [0.29, 0.717) is 16.7 Å². The predicted molar refractivity (Wildman–Crippen MR) is 58.3 cm³/mol. The lowest BCUT2D eigenvalue weighted by Gasteiger charge is -2.06. The first-order valence-electron chi connectivity index (χ1n) is 4.69. The molecule has 0 fully saturated rings. The molecule has 0 spiro atoms. The number of hydrogen-bond donors (Lipinski definition) is 0. The molecule has 0 atom stereocenters. The summed E-state index contributed by atoms with van der Waals surface area (Å²) in [5, 5.41) is 8.74. The molecule has 1 aliphatic rings. The van der Waals surface area contributed by atoms with Crippen molar-refractivity contribution in [1.82, 2.24) is 0 Å². The molecule has 0 saturated heterocycles. The second-order valence-electron chi connectivity index (χ2n) is 3.35. The minimum absolute atomic E-state index is 0.211. The smallest absolute Gasteiger partial charge is 0.186 e. The molecular weight excluding hydrogens is 202 g/mol. The number of ketones is 2. The zero-order chi connectivity index (χ0) is 11.5. The highest BCUT2D eigenvalue weighted by Crippen LogP contribution is 2.19. The summed E-state index contributed by atoms with van der Waals surface area (Å²) in [6, 6.07) is 8.62. The van der Waals surface area contributed by atoms with Gasteiger partial charge in [-0.1, -0.05) is 12.1 Å². The van der Waals surface area contributed by atoms with Gasteiger partial charge in [0.1, 0.15) is 0 Å². The van der Waals surface area contributed by atoms with Crippen molar-refractivity contribution < 1.29 is 9.59 Å². The fourth-order valence-electron chi connectivity index (χ4n) is 1.49. The second kappa shape index (κ2) is 3.95. The molecule has 3 heteroatoms. The van der Waals surface area contributed by atoms with Crippen LogP contribution in [0.1, 0.15) is 11.1 Å². The summed E-state index contributed by atoms with van der Waals surface area (Å²) < 4.78 is 0. The van der Waals surface area contributed by atoms with E-state index in [1.807, 2.05) is 6.07 Å². The number of benzene rings is 1. The number of allylic oxidation sites excluding steroid dienone is 4. The first-order valence-corrected chi connectivity index (χ1v) is 4.69. The fraction of sp³-hybridized carbons (Fsp3) is 0. The summed E-state index contributed by atoms with van der Waals surface area (Å²) in [7, 11) is 0. The Morgan fingerprint density at radius 3 is 2.69 bits per heavy atom. The van der Waals surface area contributed by atoms with Gasteiger partial charge in [0.25, 0.3) is 0 Å². The fourth-order valence-corrected chi connectivity index (χ4v) is 1.49. The Hall–Kier alpha value is -2.47. The van der Waals surface area contributed by atoms with Crippen molar-refractivity contribution in [2.24, 2.45) is 0 Å². The van der Waals surface area contributed by atoms with Crippen molar-refractivity contribution in [3.8, 4) is 6.07 Å². The highest BCUT2D eigenvalue weighted by Gasteiger charge is 2.15. The van der Waals surface area contributed by atoms with Crippen molar-refractivity contribution in [2.75, 3.05) is 0 Å². The Balaban J connectivity index is 2.48. The molecular formula is C13H7NO2. The SMILES string of the molecule is N#Cc1cccc(C2=CC(=O)C=CC2=O)c1. The highest BCUT2D eigenvalue weighted by atomic mass is 16.1. The number of carbonyl (C=O) groups excluding carboxylic acids is 2. The van der Waals surface area contributed by atoms with Crippen molar-refractivity contribution in [1.29, 1.82) is 5.26 Å². The van der Waals surface area contributed by atoms with Crippen molar-refractivity contribution in [2.45, 2.75) is 0 Å². The Kier molecular flexibility index (Phi) is 2.49. The molecule has 0 heterocycles. The van der Waals surface area contributed by atoms with Gasteiger partial charge < -0.3 is 0 Å². The molecule has 2 rings (SSSR count). The number of nitriles is 1. The second-order valence-corrected chi connectivity index (χ2v) is 3.35. The molecule has 76 valence electrons. The summed E-state index contributed by atoms with van der Waals surface area (Å²) >= 11 is 0. The normalized spacial score (nSPS) is 14.6. The Labute approximate surface area is 92.3 Å². The molecule has 1 aromatic rings. The average molecular weight is 209 g/mol. The number of hydrogen-bond acceptors (Lipinski definition) is 3. The third-order valence-corrected chi connectivity index (χ3v) is 2.25. The van der Waals surface area contributed by atoms with Crippen LogP contribution in [0.5, 0.6) is 0 Å². The van der Waals surface area contributed by atoms with Crippen LogP contribution < -0.4 is 0 Å². The lowest BCUT2D eigenvalue weighted by Crippen LogP contribution is -2.06. The van der Waals surface area contributed by atoms with Crippen LogP contribution in [-0.2, 0) is 9.59 Å². The maximum atomic E-state index is 11.5. The van der Waals surface area contributed by atoms with Gasteiger partial charge in [-0.3, -0.25) is 9.59 Å². The summed E-state index contributed by atoms with van der Waals surface area (Å²) in [6.07, 6.45) is 3.77. The van der Waals surface area contributed by atoms with Crippen LogP contribution in [0.3, 0.4) is 0 Å². The molecule has 0 unspecified atom stereocenters. The molecule has 16 heavy (non-hydrogen) atoms. The van der Waals surface area contributed by atoms with E-state index in [-0.39, 0.29) is 11.6 Å². The molecule has 0 amide bonds. The quantitative estimate of drug-likeness (QED) is 0.661. The summed E-state index contributed by atoms with van der Waals surface area (Å²) in [6.45, 7) is 0. The van der Waals surface area contributed by atoms with Gasteiger partial charge in [-0.15, -0.1) is 0 Å². The van der Waals surface area contributed by atoms with E-state index in [1.165, 1.54) is 18.2 Å². The topological polar surface area (TPSA) is 57.9 Å². The Morgan fingerprint density at radius 2 is 1.94 bits per heavy atom. The average Bonchev–Trinajstić information content (AvgIpc) is 2.32. The summed E-state index contributed by atoms with van der Waals surface area (Å²) in [5.74, 6) is -0.424. The zero-order valence-electron chi connectivity index (χ0n) is 8.31. The maximum Gasteiger partial charge on any atom is 0.186 e. The van der Waals surface area contributed by atoms with E-state index in [4.69, 9.17) is 5.26 Å². The number of rotatable bonds is 1. The molecule has 0 aromatic heterocycles. The molecule has 0 aliphatic heterocycles. The summed E-state index contributed by atoms with van der Waals surface area (Å²) in [5.41, 5.74) is 1.40. The monoisotopic (exact) mass is 209 g/mol. The Morgan fingerprint density at radius 1 is 1.12 bits per heavy atom. The summed E-state index contributed by atoms with van der Waals surface area (Å²) in [4.78, 5) is 22.7. The van der Waals surface area contributed by atoms with Gasteiger partial charge in [0.15, 0.2) is 11.6 Å². The molecule has 0 N–H and O–H groups in total.